The number of carbonyl (C=O) groups excluding carboxylic acids is 3. The molecule has 0 saturated heterocycles. The number of hydrogen-bond acceptors (Lipinski definition) is 7. The number of nitrogens with one attached hydrogen (secondary N) is 1. The summed E-state index contributed by atoms with van der Waals surface area (Å²) in [5.41, 5.74) is -0.996. The van der Waals surface area contributed by atoms with Crippen molar-refractivity contribution < 1.29 is 24.6 Å². The highest BCUT2D eigenvalue weighted by Crippen LogP contribution is 2.39. The van der Waals surface area contributed by atoms with Gasteiger partial charge in [0.1, 0.15) is 0 Å². The third-order valence-electron chi connectivity index (χ3n) is 9.57. The van der Waals surface area contributed by atoms with Crippen molar-refractivity contribution >= 4 is 29.1 Å². The summed E-state index contributed by atoms with van der Waals surface area (Å²) in [7, 11) is 3.27. The number of amides is 3. The highest BCUT2D eigenvalue weighted by molar-refractivity contribution is 7.09. The van der Waals surface area contributed by atoms with Crippen molar-refractivity contribution in [2.45, 2.75) is 120 Å². The van der Waals surface area contributed by atoms with Crippen LogP contribution in [-0.2, 0) is 20.8 Å². The quantitative estimate of drug-likeness (QED) is 0.279. The van der Waals surface area contributed by atoms with Crippen LogP contribution in [0.4, 0.5) is 0 Å². The Labute approximate surface area is 255 Å². The van der Waals surface area contributed by atoms with Crippen molar-refractivity contribution in [1.29, 1.82) is 0 Å². The lowest BCUT2D eigenvalue weighted by atomic mass is 9.80. The van der Waals surface area contributed by atoms with Gasteiger partial charge in [-0.05, 0) is 37.5 Å². The van der Waals surface area contributed by atoms with Gasteiger partial charge in [-0.2, -0.15) is 0 Å². The smallest absolute Gasteiger partial charge is 0.241 e. The average molecular weight is 605 g/mol. The molecule has 3 amide bonds. The van der Waals surface area contributed by atoms with Gasteiger partial charge in [0.15, 0.2) is 0 Å². The maximum Gasteiger partial charge on any atom is 0.241 e. The predicted octanol–water partition coefficient (Wildman–Crippen LogP) is 3.92. The Morgan fingerprint density at radius 1 is 1.02 bits per heavy atom. The van der Waals surface area contributed by atoms with Gasteiger partial charge >= 0.3 is 0 Å². The molecular weight excluding hydrogens is 552 g/mol. The first kappa shape index (κ1) is 32.9. The second kappa shape index (κ2) is 15.6. The molecule has 0 aromatic carbocycles. The van der Waals surface area contributed by atoms with Gasteiger partial charge in [0.05, 0.1) is 35.2 Å². The molecule has 3 saturated carbocycles. The van der Waals surface area contributed by atoms with Gasteiger partial charge in [0.25, 0.3) is 0 Å². The fourth-order valence-electron chi connectivity index (χ4n) is 6.83. The lowest BCUT2D eigenvalue weighted by Crippen LogP contribution is -2.57. The van der Waals surface area contributed by atoms with Crippen LogP contribution >= 0.6 is 11.3 Å². The molecule has 0 radical (unpaired) electrons. The van der Waals surface area contributed by atoms with Crippen molar-refractivity contribution in [3.63, 3.8) is 0 Å². The van der Waals surface area contributed by atoms with Crippen molar-refractivity contribution in [1.82, 2.24) is 20.1 Å². The highest BCUT2D eigenvalue weighted by Gasteiger charge is 2.42. The zero-order chi connectivity index (χ0) is 30.1. The predicted molar refractivity (Wildman–Crippen MR) is 164 cm³/mol. The third-order valence-corrected chi connectivity index (χ3v) is 10.4. The Bertz CT molecular complexity index is 1000. The summed E-state index contributed by atoms with van der Waals surface area (Å²) >= 11 is 1.45. The second-order valence-electron chi connectivity index (χ2n) is 13.4. The number of rotatable bonds is 15. The topological polar surface area (TPSA) is 123 Å². The van der Waals surface area contributed by atoms with Crippen LogP contribution in [0.25, 0.3) is 0 Å². The molecule has 4 rings (SSSR count). The van der Waals surface area contributed by atoms with E-state index >= 15 is 0 Å². The average Bonchev–Trinajstić information content (AvgIpc) is 3.64. The largest absolute Gasteiger partial charge is 0.391 e. The maximum atomic E-state index is 14.7. The van der Waals surface area contributed by atoms with Gasteiger partial charge in [-0.15, -0.1) is 11.3 Å². The summed E-state index contributed by atoms with van der Waals surface area (Å²) in [6.07, 6.45) is 14.8. The summed E-state index contributed by atoms with van der Waals surface area (Å²) in [6, 6.07) is -0.399. The van der Waals surface area contributed by atoms with Gasteiger partial charge in [-0.1, -0.05) is 64.2 Å². The minimum atomic E-state index is -0.996. The molecule has 0 bridgehead atoms. The SMILES string of the molecule is CN(C)C(=O)CNC(=O)C[C@@H](Cc1nccs1)C(=O)N(CC1(O)CCCCC1)[C@@H](CC1CCCCC1)[C@@H](O)CC1CC1. The Morgan fingerprint density at radius 3 is 2.31 bits per heavy atom. The molecule has 3 N–H and O–H groups in total. The van der Waals surface area contributed by atoms with Crippen LogP contribution in [0, 0.1) is 17.8 Å². The standard InChI is InChI=1S/C32H52N4O5S/c1-35(2)30(39)21-34-28(38)19-25(20-29-33-15-16-42-29)31(40)36(22-32(41)13-7-4-8-14-32)26(27(37)18-24-11-12-24)17-23-9-5-3-6-10-23/h15-16,23-27,37,41H,3-14,17-22H2,1-2H3,(H,34,38)/t25-,26-,27-/m0/s1. The number of aromatic nitrogens is 1. The Morgan fingerprint density at radius 2 is 1.69 bits per heavy atom. The molecule has 9 nitrogen and oxygen atoms in total. The first-order valence-electron chi connectivity index (χ1n) is 16.2. The summed E-state index contributed by atoms with van der Waals surface area (Å²) in [4.78, 5) is 47.5. The van der Waals surface area contributed by atoms with Gasteiger partial charge in [0, 0.05) is 45.1 Å². The molecule has 3 aliphatic rings. The third kappa shape index (κ3) is 10.0. The van der Waals surface area contributed by atoms with Crippen molar-refractivity contribution in [3.8, 4) is 0 Å². The number of aliphatic hydroxyl groups excluding tert-OH is 1. The van der Waals surface area contributed by atoms with Crippen LogP contribution in [-0.4, -0.2) is 87.7 Å². The molecule has 236 valence electrons. The highest BCUT2D eigenvalue weighted by atomic mass is 32.1. The molecular formula is C32H52N4O5S. The second-order valence-corrected chi connectivity index (χ2v) is 14.4. The van der Waals surface area contributed by atoms with Crippen LogP contribution < -0.4 is 5.32 Å². The molecule has 3 atom stereocenters. The molecule has 1 aromatic rings. The van der Waals surface area contributed by atoms with Crippen molar-refractivity contribution in [2.75, 3.05) is 27.2 Å². The number of carbonyl (C=O) groups is 3. The number of hydrogen-bond donors (Lipinski definition) is 3. The van der Waals surface area contributed by atoms with E-state index in [9.17, 15) is 24.6 Å². The number of nitrogens with zero attached hydrogens (tertiary/aromatic N) is 3. The Hall–Kier alpha value is -2.04. The van der Waals surface area contributed by atoms with E-state index in [0.717, 1.165) is 56.4 Å². The zero-order valence-corrected chi connectivity index (χ0v) is 26.5. The lowest BCUT2D eigenvalue weighted by Gasteiger charge is -2.44. The Kier molecular flexibility index (Phi) is 12.2. The molecule has 0 aliphatic heterocycles. The fraction of sp³-hybridized carbons (Fsp3) is 0.812. The Balaban J connectivity index is 1.61. The first-order chi connectivity index (χ1) is 20.1. The van der Waals surface area contributed by atoms with Gasteiger partial charge < -0.3 is 25.3 Å². The van der Waals surface area contributed by atoms with E-state index in [1.807, 2.05) is 5.38 Å². The van der Waals surface area contributed by atoms with Crippen LogP contribution in [0.5, 0.6) is 0 Å². The van der Waals surface area contributed by atoms with E-state index in [1.165, 1.54) is 35.5 Å². The summed E-state index contributed by atoms with van der Waals surface area (Å²) in [6.45, 7) is 0.0535. The van der Waals surface area contributed by atoms with Crippen molar-refractivity contribution in [3.05, 3.63) is 16.6 Å². The van der Waals surface area contributed by atoms with E-state index in [0.29, 0.717) is 37.5 Å². The minimum Gasteiger partial charge on any atom is -0.391 e. The number of thiazole rings is 1. The summed E-state index contributed by atoms with van der Waals surface area (Å²) in [5, 5.41) is 28.7. The van der Waals surface area contributed by atoms with Gasteiger partial charge in [-0.25, -0.2) is 4.98 Å². The van der Waals surface area contributed by atoms with Crippen LogP contribution in [0.2, 0.25) is 0 Å². The van der Waals surface area contributed by atoms with E-state index < -0.39 is 23.7 Å². The van der Waals surface area contributed by atoms with E-state index in [1.54, 1.807) is 25.2 Å². The molecule has 10 heteroatoms. The molecule has 1 aromatic heterocycles. The normalized spacial score (nSPS) is 21.2. The molecule has 3 aliphatic carbocycles. The first-order valence-corrected chi connectivity index (χ1v) is 17.1. The van der Waals surface area contributed by atoms with Crippen LogP contribution in [0.3, 0.4) is 0 Å². The van der Waals surface area contributed by atoms with E-state index in [4.69, 9.17) is 0 Å². The number of aliphatic hydroxyl groups is 2. The maximum absolute atomic E-state index is 14.7. The molecule has 0 spiro atoms. The zero-order valence-electron chi connectivity index (χ0n) is 25.6. The van der Waals surface area contributed by atoms with Crippen LogP contribution in [0.15, 0.2) is 11.6 Å². The minimum absolute atomic E-state index is 0.0804. The fourth-order valence-corrected chi connectivity index (χ4v) is 7.52. The molecule has 0 unspecified atom stereocenters. The molecule has 42 heavy (non-hydrogen) atoms. The lowest BCUT2D eigenvalue weighted by molar-refractivity contribution is -0.150. The number of likely N-dealkylation sites (N-methyl/N-ethyl adjacent to an activating group) is 1. The van der Waals surface area contributed by atoms with E-state index in [2.05, 4.69) is 10.3 Å². The molecule has 3 fully saturated rings. The van der Waals surface area contributed by atoms with Gasteiger partial charge in [0.2, 0.25) is 17.7 Å². The van der Waals surface area contributed by atoms with Crippen LogP contribution in [0.1, 0.15) is 101 Å². The monoisotopic (exact) mass is 604 g/mol. The van der Waals surface area contributed by atoms with Gasteiger partial charge in [-0.3, -0.25) is 14.4 Å². The summed E-state index contributed by atoms with van der Waals surface area (Å²) < 4.78 is 0. The van der Waals surface area contributed by atoms with Crippen molar-refractivity contribution in [2.24, 2.45) is 17.8 Å². The van der Waals surface area contributed by atoms with E-state index in [-0.39, 0.29) is 37.2 Å². The summed E-state index contributed by atoms with van der Waals surface area (Å²) in [5.74, 6) is -0.558. The molecule has 1 heterocycles.